The summed E-state index contributed by atoms with van der Waals surface area (Å²) in [6, 6.07) is 15.4. The molecule has 0 spiro atoms. The first-order valence-corrected chi connectivity index (χ1v) is 10.1. The molecule has 0 atom stereocenters. The Morgan fingerprint density at radius 2 is 1.52 bits per heavy atom. The molecule has 2 aromatic rings. The van der Waals surface area contributed by atoms with Crippen LogP contribution in [0, 0.1) is 5.92 Å². The van der Waals surface area contributed by atoms with Crippen molar-refractivity contribution in [2.24, 2.45) is 5.92 Å². The molecule has 2 aromatic carbocycles. The van der Waals surface area contributed by atoms with Crippen LogP contribution in [0.15, 0.2) is 54.6 Å². The number of benzene rings is 2. The highest BCUT2D eigenvalue weighted by Gasteiger charge is 2.28. The van der Waals surface area contributed by atoms with Gasteiger partial charge < -0.3 is 20.3 Å². The minimum Gasteiger partial charge on any atom is -0.455 e. The molecule has 3 rings (SSSR count). The van der Waals surface area contributed by atoms with Gasteiger partial charge >= 0.3 is 12.0 Å². The zero-order valence-electron chi connectivity index (χ0n) is 17.3. The van der Waals surface area contributed by atoms with Gasteiger partial charge in [-0.05, 0) is 56.2 Å². The fourth-order valence-corrected chi connectivity index (χ4v) is 3.28. The predicted octanol–water partition coefficient (Wildman–Crippen LogP) is 3.32. The van der Waals surface area contributed by atoms with Gasteiger partial charge in [0.2, 0.25) is 0 Å². The summed E-state index contributed by atoms with van der Waals surface area (Å²) in [7, 11) is 0. The lowest BCUT2D eigenvalue weighted by Crippen LogP contribution is -2.43. The third-order valence-corrected chi connectivity index (χ3v) is 5.06. The third-order valence-electron chi connectivity index (χ3n) is 5.06. The van der Waals surface area contributed by atoms with Gasteiger partial charge in [-0.1, -0.05) is 18.2 Å². The van der Waals surface area contributed by atoms with E-state index in [0.29, 0.717) is 37.2 Å². The van der Waals surface area contributed by atoms with Gasteiger partial charge in [0.25, 0.3) is 5.91 Å². The van der Waals surface area contributed by atoms with Crippen LogP contribution in [0.4, 0.5) is 16.2 Å². The van der Waals surface area contributed by atoms with Crippen LogP contribution in [0.2, 0.25) is 0 Å². The van der Waals surface area contributed by atoms with E-state index in [1.165, 1.54) is 6.92 Å². The Morgan fingerprint density at radius 3 is 2.13 bits per heavy atom. The smallest absolute Gasteiger partial charge is 0.321 e. The third kappa shape index (κ3) is 6.40. The summed E-state index contributed by atoms with van der Waals surface area (Å²) in [4.78, 5) is 49.6. The molecule has 1 fully saturated rings. The van der Waals surface area contributed by atoms with Gasteiger partial charge in [-0.25, -0.2) is 4.79 Å². The average Bonchev–Trinajstić information content (AvgIpc) is 2.78. The molecule has 31 heavy (non-hydrogen) atoms. The van der Waals surface area contributed by atoms with Crippen LogP contribution < -0.4 is 10.6 Å². The number of anilines is 2. The molecule has 0 aromatic heterocycles. The van der Waals surface area contributed by atoms with E-state index in [4.69, 9.17) is 4.74 Å². The summed E-state index contributed by atoms with van der Waals surface area (Å²) in [6.45, 7) is 1.95. The van der Waals surface area contributed by atoms with Crippen molar-refractivity contribution in [2.45, 2.75) is 19.8 Å². The summed E-state index contributed by atoms with van der Waals surface area (Å²) < 4.78 is 5.14. The van der Waals surface area contributed by atoms with Crippen LogP contribution in [0.5, 0.6) is 0 Å². The molecule has 0 radical (unpaired) electrons. The number of esters is 1. The number of nitrogens with one attached hydrogen (secondary N) is 2. The summed E-state index contributed by atoms with van der Waals surface area (Å²) in [5.74, 6) is -1.30. The molecular formula is C23H25N3O5. The molecule has 0 bridgehead atoms. The lowest BCUT2D eigenvalue weighted by molar-refractivity contribution is -0.152. The van der Waals surface area contributed by atoms with E-state index >= 15 is 0 Å². The van der Waals surface area contributed by atoms with E-state index in [1.54, 1.807) is 29.2 Å². The molecule has 1 saturated heterocycles. The zero-order chi connectivity index (χ0) is 22.2. The van der Waals surface area contributed by atoms with Crippen LogP contribution in [-0.2, 0) is 14.3 Å². The van der Waals surface area contributed by atoms with Crippen molar-refractivity contribution in [3.05, 3.63) is 60.2 Å². The Bertz CT molecular complexity index is 935. The number of likely N-dealkylation sites (tertiary alicyclic amines) is 1. The molecule has 0 saturated carbocycles. The predicted molar refractivity (Wildman–Crippen MR) is 116 cm³/mol. The average molecular weight is 423 g/mol. The number of Topliss-reactive ketones (excluding diaryl/α,β-unsaturated/α-hetero) is 1. The number of hydrogen-bond acceptors (Lipinski definition) is 5. The molecular weight excluding hydrogens is 398 g/mol. The van der Waals surface area contributed by atoms with Gasteiger partial charge in [0.15, 0.2) is 12.4 Å². The van der Waals surface area contributed by atoms with Crippen LogP contribution in [0.3, 0.4) is 0 Å². The molecule has 2 N–H and O–H groups in total. The van der Waals surface area contributed by atoms with Crippen LogP contribution in [-0.4, -0.2) is 48.3 Å². The van der Waals surface area contributed by atoms with Gasteiger partial charge in [-0.3, -0.25) is 14.4 Å². The maximum atomic E-state index is 12.3. The monoisotopic (exact) mass is 423 g/mol. The van der Waals surface area contributed by atoms with Crippen molar-refractivity contribution in [3.63, 3.8) is 0 Å². The van der Waals surface area contributed by atoms with E-state index in [9.17, 15) is 19.2 Å². The molecule has 162 valence electrons. The van der Waals surface area contributed by atoms with Crippen molar-refractivity contribution < 1.29 is 23.9 Å². The number of amides is 3. The Labute approximate surface area is 180 Å². The van der Waals surface area contributed by atoms with Crippen LogP contribution in [0.25, 0.3) is 0 Å². The first-order chi connectivity index (χ1) is 14.9. The number of ether oxygens (including phenoxy) is 1. The van der Waals surface area contributed by atoms with Crippen molar-refractivity contribution >= 4 is 35.1 Å². The minimum atomic E-state index is -0.455. The van der Waals surface area contributed by atoms with Gasteiger partial charge in [-0.2, -0.15) is 0 Å². The fraction of sp³-hybridized carbons (Fsp3) is 0.304. The van der Waals surface area contributed by atoms with E-state index in [0.717, 1.165) is 5.69 Å². The summed E-state index contributed by atoms with van der Waals surface area (Å²) in [5, 5.41) is 5.45. The van der Waals surface area contributed by atoms with Gasteiger partial charge in [0.1, 0.15) is 0 Å². The number of nitrogens with zero attached hydrogens (tertiary/aromatic N) is 1. The Kier molecular flexibility index (Phi) is 7.37. The maximum Gasteiger partial charge on any atom is 0.321 e. The lowest BCUT2D eigenvalue weighted by atomic mass is 9.97. The fourth-order valence-electron chi connectivity index (χ4n) is 3.28. The van der Waals surface area contributed by atoms with Crippen molar-refractivity contribution in [3.8, 4) is 0 Å². The molecule has 3 amide bonds. The Hall–Kier alpha value is -3.68. The molecule has 1 aliphatic rings. The van der Waals surface area contributed by atoms with Gasteiger partial charge in [0, 0.05) is 30.0 Å². The summed E-state index contributed by atoms with van der Waals surface area (Å²) in [6.07, 6.45) is 0.963. The Balaban J connectivity index is 1.39. The highest BCUT2D eigenvalue weighted by atomic mass is 16.5. The number of para-hydroxylation sites is 1. The number of carbonyl (C=O) groups excluding carboxylic acids is 4. The van der Waals surface area contributed by atoms with Crippen LogP contribution >= 0.6 is 0 Å². The lowest BCUT2D eigenvalue weighted by Gasteiger charge is -2.30. The molecule has 8 nitrogen and oxygen atoms in total. The van der Waals surface area contributed by atoms with Gasteiger partial charge in [-0.15, -0.1) is 0 Å². The summed E-state index contributed by atoms with van der Waals surface area (Å²) in [5.41, 5.74) is 1.79. The van der Waals surface area contributed by atoms with E-state index in [2.05, 4.69) is 10.6 Å². The molecule has 1 aliphatic heterocycles. The largest absolute Gasteiger partial charge is 0.455 e. The highest BCUT2D eigenvalue weighted by Crippen LogP contribution is 2.20. The Morgan fingerprint density at radius 1 is 0.903 bits per heavy atom. The molecule has 0 unspecified atom stereocenters. The SMILES string of the molecule is CC(=O)c1ccc(NC(=O)COC(=O)C2CCN(C(=O)Nc3ccccc3)CC2)cc1. The maximum absolute atomic E-state index is 12.3. The minimum absolute atomic E-state index is 0.0598. The number of hydrogen-bond donors (Lipinski definition) is 2. The summed E-state index contributed by atoms with van der Waals surface area (Å²) >= 11 is 0. The zero-order valence-corrected chi connectivity index (χ0v) is 17.3. The van der Waals surface area contributed by atoms with Gasteiger partial charge in [0.05, 0.1) is 5.92 Å². The van der Waals surface area contributed by atoms with E-state index in [1.807, 2.05) is 30.3 Å². The van der Waals surface area contributed by atoms with E-state index < -0.39 is 11.9 Å². The molecule has 1 heterocycles. The highest BCUT2D eigenvalue weighted by molar-refractivity contribution is 5.96. The topological polar surface area (TPSA) is 105 Å². The van der Waals surface area contributed by atoms with Crippen LogP contribution in [0.1, 0.15) is 30.1 Å². The van der Waals surface area contributed by atoms with Crippen molar-refractivity contribution in [2.75, 3.05) is 30.3 Å². The normalized spacial score (nSPS) is 13.9. The second kappa shape index (κ2) is 10.4. The number of piperidine rings is 1. The van der Waals surface area contributed by atoms with E-state index in [-0.39, 0.29) is 24.3 Å². The number of rotatable bonds is 6. The quantitative estimate of drug-likeness (QED) is 0.548. The number of ketones is 1. The second-order valence-electron chi connectivity index (χ2n) is 7.35. The number of carbonyl (C=O) groups is 4. The van der Waals surface area contributed by atoms with Crippen molar-refractivity contribution in [1.82, 2.24) is 4.90 Å². The standard InChI is InChI=1S/C23H25N3O5/c1-16(27)17-7-9-20(10-8-17)24-21(28)15-31-22(29)18-11-13-26(14-12-18)23(30)25-19-5-3-2-4-6-19/h2-10,18H,11-15H2,1H3,(H,24,28)(H,25,30). The van der Waals surface area contributed by atoms with Crippen molar-refractivity contribution in [1.29, 1.82) is 0 Å². The molecule has 8 heteroatoms. The first kappa shape index (κ1) is 22.0. The number of urea groups is 1. The first-order valence-electron chi connectivity index (χ1n) is 10.1. The molecule has 0 aliphatic carbocycles. The second-order valence-corrected chi connectivity index (χ2v) is 7.35.